The molecule has 1 aromatic heterocycles. The molecule has 1 heterocycles. The summed E-state index contributed by atoms with van der Waals surface area (Å²) in [7, 11) is 0. The number of carboxylic acid groups (broad SMARTS) is 1. The molecular weight excluding hydrogens is 174 g/mol. The molecule has 1 N–H and O–H groups in total. The smallest absolute Gasteiger partial charge is 0.319 e. The van der Waals surface area contributed by atoms with E-state index in [0.29, 0.717) is 5.56 Å². The molecule has 0 unspecified atom stereocenters. The summed E-state index contributed by atoms with van der Waals surface area (Å²) in [4.78, 5) is 13.3. The standard InChI is InChI=1S/C7H7N3O3/c1-7(6(11)12,9-10-8)5-2-3-13-4-5/h2-4H,1H3,(H,11,12)/t7-/m0/s1. The molecule has 0 aliphatic carbocycles. The number of azide groups is 1. The van der Waals surface area contributed by atoms with Crippen molar-refractivity contribution in [3.05, 3.63) is 34.6 Å². The van der Waals surface area contributed by atoms with Gasteiger partial charge in [-0.2, -0.15) is 0 Å². The minimum atomic E-state index is -1.60. The molecule has 0 spiro atoms. The first-order chi connectivity index (χ1) is 6.11. The molecule has 0 aliphatic rings. The monoisotopic (exact) mass is 181 g/mol. The summed E-state index contributed by atoms with van der Waals surface area (Å²) in [6, 6.07) is 1.45. The van der Waals surface area contributed by atoms with Crippen molar-refractivity contribution < 1.29 is 14.3 Å². The Kier molecular flexibility index (Phi) is 2.25. The second-order valence-corrected chi connectivity index (χ2v) is 2.58. The molecule has 0 fully saturated rings. The lowest BCUT2D eigenvalue weighted by molar-refractivity contribution is -0.142. The van der Waals surface area contributed by atoms with Crippen LogP contribution < -0.4 is 0 Å². The molecule has 0 aromatic carbocycles. The summed E-state index contributed by atoms with van der Waals surface area (Å²) in [6.45, 7) is 1.31. The van der Waals surface area contributed by atoms with Gasteiger partial charge in [-0.05, 0) is 18.5 Å². The third kappa shape index (κ3) is 1.47. The molecule has 1 atom stereocenters. The number of carboxylic acids is 1. The van der Waals surface area contributed by atoms with Crippen LogP contribution in [0.2, 0.25) is 0 Å². The Morgan fingerprint density at radius 1 is 1.85 bits per heavy atom. The summed E-state index contributed by atoms with van der Waals surface area (Å²) in [5.74, 6) is -1.22. The molecule has 0 amide bonds. The largest absolute Gasteiger partial charge is 0.480 e. The molecule has 0 radical (unpaired) electrons. The van der Waals surface area contributed by atoms with Crippen LogP contribution in [0.5, 0.6) is 0 Å². The van der Waals surface area contributed by atoms with E-state index in [4.69, 9.17) is 15.1 Å². The van der Waals surface area contributed by atoms with Gasteiger partial charge in [0.1, 0.15) is 0 Å². The van der Waals surface area contributed by atoms with E-state index in [1.165, 1.54) is 25.5 Å². The summed E-state index contributed by atoms with van der Waals surface area (Å²) in [5, 5.41) is 12.0. The molecule has 0 aliphatic heterocycles. The third-order valence-corrected chi connectivity index (χ3v) is 1.74. The fourth-order valence-corrected chi connectivity index (χ4v) is 0.855. The number of carbonyl (C=O) groups is 1. The van der Waals surface area contributed by atoms with E-state index < -0.39 is 11.5 Å². The van der Waals surface area contributed by atoms with Gasteiger partial charge in [0, 0.05) is 10.5 Å². The van der Waals surface area contributed by atoms with Crippen LogP contribution in [0.3, 0.4) is 0 Å². The van der Waals surface area contributed by atoms with Gasteiger partial charge in [0.05, 0.1) is 12.5 Å². The van der Waals surface area contributed by atoms with Gasteiger partial charge >= 0.3 is 5.97 Å². The Bertz CT molecular complexity index is 349. The zero-order valence-corrected chi connectivity index (χ0v) is 6.84. The van der Waals surface area contributed by atoms with Crippen molar-refractivity contribution in [3.8, 4) is 0 Å². The maximum Gasteiger partial charge on any atom is 0.319 e. The average Bonchev–Trinajstić information content (AvgIpc) is 2.56. The molecule has 0 saturated heterocycles. The van der Waals surface area contributed by atoms with Crippen LogP contribution in [0.4, 0.5) is 0 Å². The highest BCUT2D eigenvalue weighted by atomic mass is 16.4. The number of hydrogen-bond acceptors (Lipinski definition) is 3. The zero-order valence-electron chi connectivity index (χ0n) is 6.84. The van der Waals surface area contributed by atoms with Crippen molar-refractivity contribution in [1.29, 1.82) is 0 Å². The van der Waals surface area contributed by atoms with Gasteiger partial charge in [0.15, 0.2) is 5.54 Å². The summed E-state index contributed by atoms with van der Waals surface area (Å²) < 4.78 is 4.71. The van der Waals surface area contributed by atoms with Gasteiger partial charge in [-0.15, -0.1) is 0 Å². The van der Waals surface area contributed by atoms with E-state index in [1.54, 1.807) is 0 Å². The van der Waals surface area contributed by atoms with Gasteiger partial charge in [-0.3, -0.25) is 4.79 Å². The van der Waals surface area contributed by atoms with E-state index in [9.17, 15) is 4.79 Å². The molecule has 68 valence electrons. The Labute approximate surface area is 73.4 Å². The average molecular weight is 181 g/mol. The first kappa shape index (κ1) is 9.15. The van der Waals surface area contributed by atoms with E-state index in [0.717, 1.165) is 0 Å². The predicted octanol–water partition coefficient (Wildman–Crippen LogP) is 1.89. The van der Waals surface area contributed by atoms with Gasteiger partial charge < -0.3 is 9.52 Å². The maximum absolute atomic E-state index is 10.8. The van der Waals surface area contributed by atoms with Crippen LogP contribution in [0, 0.1) is 0 Å². The Hall–Kier alpha value is -1.94. The van der Waals surface area contributed by atoms with Gasteiger partial charge in [0.25, 0.3) is 0 Å². The van der Waals surface area contributed by atoms with Crippen LogP contribution in [-0.2, 0) is 10.3 Å². The van der Waals surface area contributed by atoms with Crippen molar-refractivity contribution in [2.24, 2.45) is 5.11 Å². The Balaban J connectivity index is 3.20. The van der Waals surface area contributed by atoms with Crippen LogP contribution in [0.1, 0.15) is 12.5 Å². The Morgan fingerprint density at radius 3 is 2.92 bits per heavy atom. The van der Waals surface area contributed by atoms with E-state index in [2.05, 4.69) is 10.0 Å². The molecule has 1 rings (SSSR count). The highest BCUT2D eigenvalue weighted by Gasteiger charge is 2.35. The number of nitrogens with zero attached hydrogens (tertiary/aromatic N) is 3. The van der Waals surface area contributed by atoms with E-state index in [-0.39, 0.29) is 0 Å². The summed E-state index contributed by atoms with van der Waals surface area (Å²) in [5.41, 5.74) is 6.94. The fraction of sp³-hybridized carbons (Fsp3) is 0.286. The second-order valence-electron chi connectivity index (χ2n) is 2.58. The number of rotatable bonds is 3. The Morgan fingerprint density at radius 2 is 2.54 bits per heavy atom. The third-order valence-electron chi connectivity index (χ3n) is 1.74. The van der Waals surface area contributed by atoms with Crippen molar-refractivity contribution in [1.82, 2.24) is 0 Å². The lowest BCUT2D eigenvalue weighted by Crippen LogP contribution is -2.28. The molecule has 6 heteroatoms. The highest BCUT2D eigenvalue weighted by molar-refractivity contribution is 5.80. The number of furan rings is 1. The maximum atomic E-state index is 10.8. The SMILES string of the molecule is C[C@@](N=[N+]=[N-])(C(=O)O)c1ccoc1. The van der Waals surface area contributed by atoms with Crippen molar-refractivity contribution >= 4 is 5.97 Å². The topological polar surface area (TPSA) is 99.2 Å². The zero-order chi connectivity index (χ0) is 9.90. The van der Waals surface area contributed by atoms with Crippen molar-refractivity contribution in [3.63, 3.8) is 0 Å². The summed E-state index contributed by atoms with van der Waals surface area (Å²) >= 11 is 0. The molecule has 0 saturated carbocycles. The first-order valence-corrected chi connectivity index (χ1v) is 3.43. The molecule has 0 bridgehead atoms. The minimum absolute atomic E-state index is 0.317. The fourth-order valence-electron chi connectivity index (χ4n) is 0.855. The van der Waals surface area contributed by atoms with Crippen LogP contribution in [0.25, 0.3) is 10.4 Å². The second kappa shape index (κ2) is 3.20. The molecule has 1 aromatic rings. The van der Waals surface area contributed by atoms with E-state index in [1.807, 2.05) is 0 Å². The quantitative estimate of drug-likeness (QED) is 0.437. The predicted molar refractivity (Wildman–Crippen MR) is 42.8 cm³/mol. The van der Waals surface area contributed by atoms with Gasteiger partial charge in [-0.25, -0.2) is 0 Å². The van der Waals surface area contributed by atoms with Crippen LogP contribution in [-0.4, -0.2) is 11.1 Å². The van der Waals surface area contributed by atoms with Crippen LogP contribution >= 0.6 is 0 Å². The van der Waals surface area contributed by atoms with E-state index >= 15 is 0 Å². The number of hydrogen-bond donors (Lipinski definition) is 1. The van der Waals surface area contributed by atoms with Crippen molar-refractivity contribution in [2.45, 2.75) is 12.5 Å². The minimum Gasteiger partial charge on any atom is -0.480 e. The van der Waals surface area contributed by atoms with Gasteiger partial charge in [-0.1, -0.05) is 5.11 Å². The van der Waals surface area contributed by atoms with Crippen molar-refractivity contribution in [2.75, 3.05) is 0 Å². The van der Waals surface area contributed by atoms with Crippen LogP contribution in [0.15, 0.2) is 28.1 Å². The summed E-state index contributed by atoms with van der Waals surface area (Å²) in [6.07, 6.45) is 2.56. The molecular formula is C7H7N3O3. The molecule has 6 nitrogen and oxygen atoms in total. The molecule has 13 heavy (non-hydrogen) atoms. The highest BCUT2D eigenvalue weighted by Crippen LogP contribution is 2.26. The first-order valence-electron chi connectivity index (χ1n) is 3.43. The lowest BCUT2D eigenvalue weighted by atomic mass is 9.96. The normalized spacial score (nSPS) is 14.2. The van der Waals surface area contributed by atoms with Gasteiger partial charge in [0.2, 0.25) is 0 Å². The lowest BCUT2D eigenvalue weighted by Gasteiger charge is -2.15. The number of aliphatic carboxylic acids is 1.